The molecule has 0 radical (unpaired) electrons. The summed E-state index contributed by atoms with van der Waals surface area (Å²) in [5.74, 6) is -0.00333. The molecule has 0 aliphatic heterocycles. The topological polar surface area (TPSA) is 58.6 Å². The number of rotatable bonds is 8. The predicted octanol–water partition coefficient (Wildman–Crippen LogP) is 1.57. The molecule has 0 aliphatic rings. The lowest BCUT2D eigenvalue weighted by Crippen LogP contribution is -2.40. The third-order valence-electron chi connectivity index (χ3n) is 2.83. The Balaban J connectivity index is 0. The summed E-state index contributed by atoms with van der Waals surface area (Å²) in [4.78, 5) is 11.9. The molecule has 0 aromatic carbocycles. The first kappa shape index (κ1) is 15.4. The highest BCUT2D eigenvalue weighted by Crippen LogP contribution is 2.25. The van der Waals surface area contributed by atoms with Crippen LogP contribution in [0.25, 0.3) is 0 Å². The molecule has 2 N–H and O–H groups in total. The zero-order valence-electron chi connectivity index (χ0n) is 10.9. The molecule has 0 saturated carbocycles. The van der Waals surface area contributed by atoms with E-state index in [1.54, 1.807) is 0 Å². The highest BCUT2D eigenvalue weighted by molar-refractivity contribution is 5.82. The minimum Gasteiger partial charge on any atom is -0.396 e. The van der Waals surface area contributed by atoms with Gasteiger partial charge >= 0.3 is 0 Å². The third-order valence-corrected chi connectivity index (χ3v) is 2.83. The van der Waals surface area contributed by atoms with E-state index in [9.17, 15) is 4.79 Å². The van der Waals surface area contributed by atoms with Crippen molar-refractivity contribution in [1.29, 1.82) is 0 Å². The van der Waals surface area contributed by atoms with E-state index in [1.165, 1.54) is 0 Å². The first-order valence-electron chi connectivity index (χ1n) is 5.97. The van der Waals surface area contributed by atoms with Gasteiger partial charge in [-0.05, 0) is 26.7 Å². The average molecular weight is 233 g/mol. The summed E-state index contributed by atoms with van der Waals surface area (Å²) in [5.41, 5.74) is -0.466. The second-order valence-corrected chi connectivity index (χ2v) is 4.56. The molecule has 0 fully saturated rings. The number of nitrogens with one attached hydrogen (secondary N) is 1. The van der Waals surface area contributed by atoms with E-state index in [0.717, 1.165) is 6.42 Å². The van der Waals surface area contributed by atoms with Gasteiger partial charge in [-0.2, -0.15) is 0 Å². The van der Waals surface area contributed by atoms with Crippen LogP contribution in [0.1, 0.15) is 42.0 Å². The predicted molar refractivity (Wildman–Crippen MR) is 66.3 cm³/mol. The lowest BCUT2D eigenvalue weighted by molar-refractivity contribution is -0.131. The van der Waals surface area contributed by atoms with Crippen molar-refractivity contribution in [2.75, 3.05) is 19.8 Å². The molecule has 0 aromatic heterocycles. The SMILES string of the molecule is CCC(C)(CCO)C(=O)NCCOC(C)C.[HH]. The summed E-state index contributed by atoms with van der Waals surface area (Å²) in [5, 5.41) is 11.8. The van der Waals surface area contributed by atoms with E-state index in [2.05, 4.69) is 5.32 Å². The molecule has 98 valence electrons. The van der Waals surface area contributed by atoms with Crippen LogP contribution in [0, 0.1) is 5.41 Å². The number of ether oxygens (including phenoxy) is 1. The van der Waals surface area contributed by atoms with Crippen molar-refractivity contribution in [2.24, 2.45) is 5.41 Å². The summed E-state index contributed by atoms with van der Waals surface area (Å²) in [7, 11) is 0. The van der Waals surface area contributed by atoms with Crippen LogP contribution in [0.2, 0.25) is 0 Å². The van der Waals surface area contributed by atoms with Crippen LogP contribution in [0.4, 0.5) is 0 Å². The second kappa shape index (κ2) is 7.63. The van der Waals surface area contributed by atoms with Crippen molar-refractivity contribution >= 4 is 5.91 Å². The number of aliphatic hydroxyl groups is 1. The minimum absolute atomic E-state index is 0. The minimum atomic E-state index is -0.466. The molecule has 4 heteroatoms. The molecule has 0 spiro atoms. The van der Waals surface area contributed by atoms with Crippen LogP contribution in [-0.4, -0.2) is 36.9 Å². The quantitative estimate of drug-likeness (QED) is 0.626. The standard InChI is InChI=1S/C12H25NO3.H2/c1-5-12(4,6-8-14)11(15)13-7-9-16-10(2)3;/h10,14H,5-9H2,1-4H3,(H,13,15);1H. The van der Waals surface area contributed by atoms with Gasteiger partial charge in [-0.3, -0.25) is 4.79 Å². The zero-order valence-corrected chi connectivity index (χ0v) is 10.9. The van der Waals surface area contributed by atoms with Gasteiger partial charge in [-0.15, -0.1) is 0 Å². The normalized spacial score (nSPS) is 14.9. The second-order valence-electron chi connectivity index (χ2n) is 4.56. The molecular weight excluding hydrogens is 206 g/mol. The van der Waals surface area contributed by atoms with Gasteiger partial charge in [-0.1, -0.05) is 13.8 Å². The highest BCUT2D eigenvalue weighted by atomic mass is 16.5. The average Bonchev–Trinajstić information content (AvgIpc) is 2.24. The van der Waals surface area contributed by atoms with Crippen LogP contribution in [0.3, 0.4) is 0 Å². The summed E-state index contributed by atoms with van der Waals surface area (Å²) in [6.45, 7) is 8.86. The van der Waals surface area contributed by atoms with Crippen molar-refractivity contribution in [3.05, 3.63) is 0 Å². The Bertz CT molecular complexity index is 212. The molecule has 16 heavy (non-hydrogen) atoms. The Morgan fingerprint density at radius 1 is 1.56 bits per heavy atom. The Morgan fingerprint density at radius 2 is 2.19 bits per heavy atom. The van der Waals surface area contributed by atoms with Crippen LogP contribution in [-0.2, 0) is 9.53 Å². The number of aliphatic hydroxyl groups excluding tert-OH is 1. The lowest BCUT2D eigenvalue weighted by Gasteiger charge is -2.26. The molecular formula is C12H27NO3. The molecule has 0 aliphatic carbocycles. The van der Waals surface area contributed by atoms with Crippen molar-refractivity contribution in [3.8, 4) is 0 Å². The van der Waals surface area contributed by atoms with Crippen molar-refractivity contribution < 1.29 is 16.1 Å². The van der Waals surface area contributed by atoms with E-state index in [-0.39, 0.29) is 20.0 Å². The Labute approximate surface area is 99.9 Å². The van der Waals surface area contributed by atoms with Crippen molar-refractivity contribution in [1.82, 2.24) is 5.32 Å². The van der Waals surface area contributed by atoms with Gasteiger partial charge in [0, 0.05) is 20.0 Å². The molecule has 1 atom stereocenters. The third kappa shape index (κ3) is 5.47. The summed E-state index contributed by atoms with van der Waals surface area (Å²) >= 11 is 0. The fourth-order valence-electron chi connectivity index (χ4n) is 1.37. The fraction of sp³-hybridized carbons (Fsp3) is 0.917. The monoisotopic (exact) mass is 233 g/mol. The maximum atomic E-state index is 11.9. The van der Waals surface area contributed by atoms with E-state index in [1.807, 2.05) is 27.7 Å². The summed E-state index contributed by atoms with van der Waals surface area (Å²) < 4.78 is 5.33. The first-order valence-corrected chi connectivity index (χ1v) is 5.97. The number of hydrogen-bond acceptors (Lipinski definition) is 3. The van der Waals surface area contributed by atoms with E-state index >= 15 is 0 Å². The maximum Gasteiger partial charge on any atom is 0.226 e. The highest BCUT2D eigenvalue weighted by Gasteiger charge is 2.30. The molecule has 0 bridgehead atoms. The zero-order chi connectivity index (χ0) is 12.6. The number of amides is 1. The van der Waals surface area contributed by atoms with Gasteiger partial charge in [0.15, 0.2) is 0 Å². The fourth-order valence-corrected chi connectivity index (χ4v) is 1.37. The van der Waals surface area contributed by atoms with Crippen molar-refractivity contribution in [3.63, 3.8) is 0 Å². The van der Waals surface area contributed by atoms with Gasteiger partial charge in [0.2, 0.25) is 5.91 Å². The van der Waals surface area contributed by atoms with E-state index in [0.29, 0.717) is 19.6 Å². The van der Waals surface area contributed by atoms with E-state index in [4.69, 9.17) is 9.84 Å². The Hall–Kier alpha value is -0.610. The maximum absolute atomic E-state index is 11.9. The van der Waals surface area contributed by atoms with Crippen LogP contribution < -0.4 is 5.32 Å². The molecule has 0 heterocycles. The van der Waals surface area contributed by atoms with Gasteiger partial charge in [0.25, 0.3) is 0 Å². The molecule has 0 saturated heterocycles. The van der Waals surface area contributed by atoms with Gasteiger partial charge in [0.05, 0.1) is 12.7 Å². The van der Waals surface area contributed by atoms with Crippen molar-refractivity contribution in [2.45, 2.75) is 46.6 Å². The molecule has 4 nitrogen and oxygen atoms in total. The number of hydrogen-bond donors (Lipinski definition) is 2. The smallest absolute Gasteiger partial charge is 0.226 e. The lowest BCUT2D eigenvalue weighted by atomic mass is 9.83. The van der Waals surface area contributed by atoms with Gasteiger partial charge in [-0.25, -0.2) is 0 Å². The number of carbonyl (C=O) groups is 1. The molecule has 1 unspecified atom stereocenters. The number of carbonyl (C=O) groups excluding carboxylic acids is 1. The largest absolute Gasteiger partial charge is 0.396 e. The summed E-state index contributed by atoms with van der Waals surface area (Å²) in [6.07, 6.45) is 1.41. The summed E-state index contributed by atoms with van der Waals surface area (Å²) in [6, 6.07) is 0. The van der Waals surface area contributed by atoms with Gasteiger partial charge in [0.1, 0.15) is 0 Å². The van der Waals surface area contributed by atoms with Gasteiger partial charge < -0.3 is 15.2 Å². The molecule has 1 amide bonds. The van der Waals surface area contributed by atoms with Crippen LogP contribution in [0.15, 0.2) is 0 Å². The van der Waals surface area contributed by atoms with Crippen LogP contribution >= 0.6 is 0 Å². The first-order chi connectivity index (χ1) is 7.46. The van der Waals surface area contributed by atoms with E-state index < -0.39 is 5.41 Å². The Morgan fingerprint density at radius 3 is 2.62 bits per heavy atom. The molecule has 0 aromatic rings. The van der Waals surface area contributed by atoms with Crippen LogP contribution in [0.5, 0.6) is 0 Å². The Kier molecular flexibility index (Phi) is 7.34. The molecule has 0 rings (SSSR count).